The number of hydrogen-bond acceptors (Lipinski definition) is 1. The van der Waals surface area contributed by atoms with Crippen molar-refractivity contribution in [3.63, 3.8) is 0 Å². The van der Waals surface area contributed by atoms with Gasteiger partial charge in [0.2, 0.25) is 0 Å². The van der Waals surface area contributed by atoms with Crippen LogP contribution in [0.1, 0.15) is 22.7 Å². The molecule has 0 heterocycles. The zero-order valence-electron chi connectivity index (χ0n) is 9.86. The van der Waals surface area contributed by atoms with Gasteiger partial charge >= 0.3 is 0 Å². The lowest BCUT2D eigenvalue weighted by Gasteiger charge is -2.15. The average Bonchev–Trinajstić information content (AvgIpc) is 2.32. The third-order valence-electron chi connectivity index (χ3n) is 2.99. The van der Waals surface area contributed by atoms with Crippen LogP contribution in [-0.2, 0) is 6.42 Å². The molecule has 0 spiro atoms. The van der Waals surface area contributed by atoms with Gasteiger partial charge in [-0.05, 0) is 36.1 Å². The molecule has 1 nitrogen and oxygen atoms in total. The summed E-state index contributed by atoms with van der Waals surface area (Å²) >= 11 is 6.14. The highest BCUT2D eigenvalue weighted by molar-refractivity contribution is 6.31. The summed E-state index contributed by atoms with van der Waals surface area (Å²) in [6.45, 7) is 2.09. The molecule has 0 aliphatic heterocycles. The third kappa shape index (κ3) is 2.87. The van der Waals surface area contributed by atoms with Crippen LogP contribution in [0.2, 0.25) is 5.02 Å². The number of hydrogen-bond donors (Lipinski definition) is 1. The molecular weight excluding hydrogens is 230 g/mol. The molecule has 2 rings (SSSR count). The normalized spacial score (nSPS) is 12.4. The van der Waals surface area contributed by atoms with Crippen molar-refractivity contribution in [2.24, 2.45) is 5.73 Å². The van der Waals surface area contributed by atoms with E-state index < -0.39 is 0 Å². The highest BCUT2D eigenvalue weighted by atomic mass is 35.5. The van der Waals surface area contributed by atoms with Gasteiger partial charge in [0.25, 0.3) is 0 Å². The molecular formula is C15H16ClN. The molecule has 1 atom stereocenters. The quantitative estimate of drug-likeness (QED) is 0.872. The van der Waals surface area contributed by atoms with Gasteiger partial charge in [-0.3, -0.25) is 0 Å². The lowest BCUT2D eigenvalue weighted by Crippen LogP contribution is -2.14. The Labute approximate surface area is 107 Å². The molecule has 0 saturated heterocycles. The molecule has 2 heteroatoms. The minimum Gasteiger partial charge on any atom is -0.324 e. The zero-order valence-corrected chi connectivity index (χ0v) is 10.6. The maximum absolute atomic E-state index is 6.24. The number of aryl methyl sites for hydroxylation is 1. The molecule has 0 aliphatic carbocycles. The maximum Gasteiger partial charge on any atom is 0.0438 e. The Balaban J connectivity index is 2.20. The minimum atomic E-state index is -0.00361. The van der Waals surface area contributed by atoms with Gasteiger partial charge in [-0.15, -0.1) is 0 Å². The van der Waals surface area contributed by atoms with E-state index in [9.17, 15) is 0 Å². The van der Waals surface area contributed by atoms with Crippen molar-refractivity contribution in [1.82, 2.24) is 0 Å². The van der Waals surface area contributed by atoms with E-state index in [1.807, 2.05) is 36.4 Å². The Morgan fingerprint density at radius 3 is 2.41 bits per heavy atom. The zero-order chi connectivity index (χ0) is 12.3. The van der Waals surface area contributed by atoms with Gasteiger partial charge in [0.15, 0.2) is 0 Å². The summed E-state index contributed by atoms with van der Waals surface area (Å²) in [6.07, 6.45) is 0.768. The standard InChI is InChI=1S/C15H16ClN/c1-11-6-2-4-8-13(11)15(17)10-12-7-3-5-9-14(12)16/h2-9,15H,10,17H2,1H3. The number of nitrogens with two attached hydrogens (primary N) is 1. The van der Waals surface area contributed by atoms with E-state index in [0.717, 1.165) is 17.0 Å². The molecule has 0 radical (unpaired) electrons. The van der Waals surface area contributed by atoms with Crippen molar-refractivity contribution >= 4 is 11.6 Å². The molecule has 2 aromatic rings. The average molecular weight is 246 g/mol. The van der Waals surface area contributed by atoms with E-state index in [1.165, 1.54) is 11.1 Å². The van der Waals surface area contributed by atoms with Crippen LogP contribution in [0.5, 0.6) is 0 Å². The molecule has 0 bridgehead atoms. The summed E-state index contributed by atoms with van der Waals surface area (Å²) in [6, 6.07) is 16.1. The van der Waals surface area contributed by atoms with Gasteiger partial charge in [0, 0.05) is 11.1 Å². The molecule has 0 aromatic heterocycles. The Kier molecular flexibility index (Phi) is 3.82. The lowest BCUT2D eigenvalue weighted by molar-refractivity contribution is 0.717. The topological polar surface area (TPSA) is 26.0 Å². The predicted octanol–water partition coefficient (Wildman–Crippen LogP) is 3.89. The van der Waals surface area contributed by atoms with Crippen molar-refractivity contribution in [1.29, 1.82) is 0 Å². The molecule has 1 unspecified atom stereocenters. The Hall–Kier alpha value is -1.31. The fourth-order valence-corrected chi connectivity index (χ4v) is 2.23. The van der Waals surface area contributed by atoms with E-state index in [4.69, 9.17) is 17.3 Å². The second kappa shape index (κ2) is 5.35. The second-order valence-corrected chi connectivity index (χ2v) is 4.67. The van der Waals surface area contributed by atoms with Crippen LogP contribution in [-0.4, -0.2) is 0 Å². The van der Waals surface area contributed by atoms with Crippen molar-refractivity contribution in [3.05, 3.63) is 70.2 Å². The molecule has 0 amide bonds. The smallest absolute Gasteiger partial charge is 0.0438 e. The summed E-state index contributed by atoms with van der Waals surface area (Å²) in [5.74, 6) is 0. The van der Waals surface area contributed by atoms with E-state index in [1.54, 1.807) is 0 Å². The first kappa shape index (κ1) is 12.2. The molecule has 0 aliphatic rings. The Morgan fingerprint density at radius 1 is 1.06 bits per heavy atom. The van der Waals surface area contributed by atoms with Crippen LogP contribution in [0, 0.1) is 6.92 Å². The second-order valence-electron chi connectivity index (χ2n) is 4.26. The van der Waals surface area contributed by atoms with Gasteiger partial charge in [0.1, 0.15) is 0 Å². The molecule has 2 N–H and O–H groups in total. The highest BCUT2D eigenvalue weighted by Gasteiger charge is 2.10. The minimum absolute atomic E-state index is 0.00361. The molecule has 2 aromatic carbocycles. The van der Waals surface area contributed by atoms with E-state index in [-0.39, 0.29) is 6.04 Å². The summed E-state index contributed by atoms with van der Waals surface area (Å²) < 4.78 is 0. The summed E-state index contributed by atoms with van der Waals surface area (Å²) in [5, 5.41) is 0.788. The lowest BCUT2D eigenvalue weighted by atomic mass is 9.96. The molecule has 0 saturated carbocycles. The van der Waals surface area contributed by atoms with E-state index in [2.05, 4.69) is 19.1 Å². The van der Waals surface area contributed by atoms with Gasteiger partial charge in [0.05, 0.1) is 0 Å². The summed E-state index contributed by atoms with van der Waals surface area (Å²) in [5.41, 5.74) is 9.76. The Bertz CT molecular complexity index is 508. The van der Waals surface area contributed by atoms with Crippen LogP contribution >= 0.6 is 11.6 Å². The fourth-order valence-electron chi connectivity index (χ4n) is 2.01. The van der Waals surface area contributed by atoms with Crippen LogP contribution < -0.4 is 5.73 Å². The van der Waals surface area contributed by atoms with E-state index in [0.29, 0.717) is 0 Å². The van der Waals surface area contributed by atoms with Crippen molar-refractivity contribution in [2.45, 2.75) is 19.4 Å². The van der Waals surface area contributed by atoms with Gasteiger partial charge in [-0.2, -0.15) is 0 Å². The molecule has 17 heavy (non-hydrogen) atoms. The first-order valence-electron chi connectivity index (χ1n) is 5.73. The summed E-state index contributed by atoms with van der Waals surface area (Å²) in [4.78, 5) is 0. The fraction of sp³-hybridized carbons (Fsp3) is 0.200. The van der Waals surface area contributed by atoms with E-state index >= 15 is 0 Å². The third-order valence-corrected chi connectivity index (χ3v) is 3.35. The van der Waals surface area contributed by atoms with Crippen molar-refractivity contribution in [3.8, 4) is 0 Å². The maximum atomic E-state index is 6.24. The van der Waals surface area contributed by atoms with Crippen molar-refractivity contribution < 1.29 is 0 Å². The van der Waals surface area contributed by atoms with Crippen molar-refractivity contribution in [2.75, 3.05) is 0 Å². The van der Waals surface area contributed by atoms with Crippen LogP contribution in [0.15, 0.2) is 48.5 Å². The number of benzene rings is 2. The molecule has 0 fully saturated rings. The summed E-state index contributed by atoms with van der Waals surface area (Å²) in [7, 11) is 0. The first-order valence-corrected chi connectivity index (χ1v) is 6.11. The molecule has 88 valence electrons. The van der Waals surface area contributed by atoms with Crippen LogP contribution in [0.3, 0.4) is 0 Å². The van der Waals surface area contributed by atoms with Crippen LogP contribution in [0.25, 0.3) is 0 Å². The SMILES string of the molecule is Cc1ccccc1C(N)Cc1ccccc1Cl. The monoisotopic (exact) mass is 245 g/mol. The van der Waals surface area contributed by atoms with Gasteiger partial charge < -0.3 is 5.73 Å². The van der Waals surface area contributed by atoms with Gasteiger partial charge in [-0.1, -0.05) is 54.1 Å². The van der Waals surface area contributed by atoms with Crippen LogP contribution in [0.4, 0.5) is 0 Å². The first-order chi connectivity index (χ1) is 8.18. The predicted molar refractivity (Wildman–Crippen MR) is 73.3 cm³/mol. The number of rotatable bonds is 3. The highest BCUT2D eigenvalue weighted by Crippen LogP contribution is 2.23. The number of halogens is 1. The van der Waals surface area contributed by atoms with Gasteiger partial charge in [-0.25, -0.2) is 0 Å². The largest absolute Gasteiger partial charge is 0.324 e. The Morgan fingerprint density at radius 2 is 1.71 bits per heavy atom.